The molecular formula is C16H16FNO. The lowest BCUT2D eigenvalue weighted by Gasteiger charge is -2.30. The molecule has 1 unspecified atom stereocenters. The molecule has 0 aromatic heterocycles. The molecular weight excluding hydrogens is 241 g/mol. The fourth-order valence-corrected chi connectivity index (χ4v) is 2.93. The standard InChI is InChI=1S/C16H16FNO/c1-10-8-13(11-4-2-5-12(17)9-11)16-14(18-10)6-3-7-15(16)19/h2,4-5,8-9,13,18H,3,6-7H2,1H3. The normalized spacial score (nSPS) is 22.7. The van der Waals surface area contributed by atoms with Gasteiger partial charge in [0.15, 0.2) is 5.78 Å². The molecule has 1 heterocycles. The van der Waals surface area contributed by atoms with Crippen molar-refractivity contribution in [2.75, 3.05) is 0 Å². The minimum absolute atomic E-state index is 0.111. The van der Waals surface area contributed by atoms with Crippen molar-refractivity contribution >= 4 is 5.78 Å². The lowest BCUT2D eigenvalue weighted by atomic mass is 9.80. The van der Waals surface area contributed by atoms with Crippen LogP contribution in [0.4, 0.5) is 4.39 Å². The van der Waals surface area contributed by atoms with Crippen molar-refractivity contribution in [3.8, 4) is 0 Å². The summed E-state index contributed by atoms with van der Waals surface area (Å²) in [5.74, 6) is -0.181. The quantitative estimate of drug-likeness (QED) is 0.835. The van der Waals surface area contributed by atoms with Crippen molar-refractivity contribution in [1.82, 2.24) is 5.32 Å². The van der Waals surface area contributed by atoms with E-state index >= 15 is 0 Å². The molecule has 0 radical (unpaired) electrons. The first-order chi connectivity index (χ1) is 9.15. The average Bonchev–Trinajstić information content (AvgIpc) is 2.37. The predicted octanol–water partition coefficient (Wildman–Crippen LogP) is 3.42. The summed E-state index contributed by atoms with van der Waals surface area (Å²) in [6, 6.07) is 6.53. The Morgan fingerprint density at radius 1 is 1.32 bits per heavy atom. The molecule has 0 amide bonds. The van der Waals surface area contributed by atoms with Gasteiger partial charge >= 0.3 is 0 Å². The molecule has 1 aliphatic carbocycles. The molecule has 2 aliphatic rings. The fourth-order valence-electron chi connectivity index (χ4n) is 2.93. The molecule has 1 N–H and O–H groups in total. The van der Waals surface area contributed by atoms with Crippen LogP contribution < -0.4 is 5.32 Å². The summed E-state index contributed by atoms with van der Waals surface area (Å²) in [6.07, 6.45) is 4.40. The van der Waals surface area contributed by atoms with Gasteiger partial charge in [0.05, 0.1) is 0 Å². The van der Waals surface area contributed by atoms with Gasteiger partial charge < -0.3 is 5.32 Å². The summed E-state index contributed by atoms with van der Waals surface area (Å²) >= 11 is 0. The number of allylic oxidation sites excluding steroid dienone is 4. The molecule has 0 spiro atoms. The minimum Gasteiger partial charge on any atom is -0.362 e. The molecule has 98 valence electrons. The molecule has 0 bridgehead atoms. The number of nitrogens with one attached hydrogen (secondary N) is 1. The number of carbonyl (C=O) groups excluding carboxylic acids is 1. The zero-order valence-electron chi connectivity index (χ0n) is 10.9. The number of dihydropyridines is 1. The minimum atomic E-state index is -0.257. The predicted molar refractivity (Wildman–Crippen MR) is 71.9 cm³/mol. The van der Waals surface area contributed by atoms with E-state index in [1.165, 1.54) is 12.1 Å². The van der Waals surface area contributed by atoms with Crippen LogP contribution in [0.5, 0.6) is 0 Å². The van der Waals surface area contributed by atoms with E-state index < -0.39 is 0 Å². The Bertz CT molecular complexity index is 601. The zero-order valence-corrected chi connectivity index (χ0v) is 10.9. The molecule has 0 saturated heterocycles. The van der Waals surface area contributed by atoms with Gasteiger partial charge in [0.25, 0.3) is 0 Å². The van der Waals surface area contributed by atoms with Gasteiger partial charge in [-0.15, -0.1) is 0 Å². The molecule has 1 aromatic rings. The highest BCUT2D eigenvalue weighted by atomic mass is 19.1. The van der Waals surface area contributed by atoms with Crippen LogP contribution in [0.15, 0.2) is 47.3 Å². The van der Waals surface area contributed by atoms with E-state index in [1.807, 2.05) is 19.1 Å². The number of halogens is 1. The molecule has 3 rings (SSSR count). The van der Waals surface area contributed by atoms with Crippen LogP contribution in [0.25, 0.3) is 0 Å². The van der Waals surface area contributed by atoms with Crippen molar-refractivity contribution in [2.24, 2.45) is 0 Å². The summed E-state index contributed by atoms with van der Waals surface area (Å²) in [5, 5.41) is 3.29. The molecule has 3 heteroatoms. The Kier molecular flexibility index (Phi) is 2.97. The van der Waals surface area contributed by atoms with Crippen LogP contribution in [0, 0.1) is 5.82 Å². The van der Waals surface area contributed by atoms with Crippen molar-refractivity contribution < 1.29 is 9.18 Å². The second-order valence-corrected chi connectivity index (χ2v) is 5.18. The topological polar surface area (TPSA) is 29.1 Å². The van der Waals surface area contributed by atoms with Crippen molar-refractivity contribution in [3.63, 3.8) is 0 Å². The second-order valence-electron chi connectivity index (χ2n) is 5.18. The summed E-state index contributed by atoms with van der Waals surface area (Å²) in [4.78, 5) is 12.2. The van der Waals surface area contributed by atoms with Gasteiger partial charge in [-0.25, -0.2) is 4.39 Å². The van der Waals surface area contributed by atoms with Gasteiger partial charge in [-0.2, -0.15) is 0 Å². The Morgan fingerprint density at radius 3 is 2.95 bits per heavy atom. The molecule has 1 atom stereocenters. The van der Waals surface area contributed by atoms with E-state index in [2.05, 4.69) is 5.32 Å². The summed E-state index contributed by atoms with van der Waals surface area (Å²) in [5.41, 5.74) is 3.72. The maximum atomic E-state index is 13.4. The van der Waals surface area contributed by atoms with Crippen LogP contribution in [-0.4, -0.2) is 5.78 Å². The highest BCUT2D eigenvalue weighted by molar-refractivity contribution is 5.99. The van der Waals surface area contributed by atoms with Crippen molar-refractivity contribution in [1.29, 1.82) is 0 Å². The molecule has 0 saturated carbocycles. The largest absolute Gasteiger partial charge is 0.362 e. The van der Waals surface area contributed by atoms with Crippen LogP contribution >= 0.6 is 0 Å². The van der Waals surface area contributed by atoms with Crippen LogP contribution in [0.2, 0.25) is 0 Å². The number of hydrogen-bond acceptors (Lipinski definition) is 2. The van der Waals surface area contributed by atoms with Gasteiger partial charge in [0.2, 0.25) is 0 Å². The number of ketones is 1. The SMILES string of the molecule is CC1=CC(c2cccc(F)c2)C2=C(CCCC2=O)N1. The number of rotatable bonds is 1. The highest BCUT2D eigenvalue weighted by Gasteiger charge is 2.30. The molecule has 2 nitrogen and oxygen atoms in total. The van der Waals surface area contributed by atoms with E-state index in [9.17, 15) is 9.18 Å². The molecule has 1 aliphatic heterocycles. The summed E-state index contributed by atoms with van der Waals surface area (Å²) in [7, 11) is 0. The van der Waals surface area contributed by atoms with Crippen molar-refractivity contribution in [2.45, 2.75) is 32.1 Å². The Morgan fingerprint density at radius 2 is 2.16 bits per heavy atom. The first kappa shape index (κ1) is 12.2. The first-order valence-electron chi connectivity index (χ1n) is 6.62. The number of benzene rings is 1. The maximum absolute atomic E-state index is 13.4. The summed E-state index contributed by atoms with van der Waals surface area (Å²) < 4.78 is 13.4. The first-order valence-corrected chi connectivity index (χ1v) is 6.62. The van der Waals surface area contributed by atoms with Crippen LogP contribution in [0.1, 0.15) is 37.7 Å². The zero-order chi connectivity index (χ0) is 13.4. The highest BCUT2D eigenvalue weighted by Crippen LogP contribution is 2.37. The third-order valence-electron chi connectivity index (χ3n) is 3.74. The molecule has 19 heavy (non-hydrogen) atoms. The maximum Gasteiger partial charge on any atom is 0.161 e. The Balaban J connectivity index is 2.09. The number of hydrogen-bond donors (Lipinski definition) is 1. The van der Waals surface area contributed by atoms with Gasteiger partial charge in [0.1, 0.15) is 5.82 Å². The average molecular weight is 257 g/mol. The third-order valence-corrected chi connectivity index (χ3v) is 3.74. The molecule has 1 aromatic carbocycles. The Labute approximate surface area is 112 Å². The van der Waals surface area contributed by atoms with Gasteiger partial charge in [0, 0.05) is 29.3 Å². The Hall–Kier alpha value is -1.90. The van der Waals surface area contributed by atoms with Crippen molar-refractivity contribution in [3.05, 3.63) is 58.7 Å². The van der Waals surface area contributed by atoms with E-state index in [0.717, 1.165) is 35.4 Å². The lowest BCUT2D eigenvalue weighted by Crippen LogP contribution is -2.28. The lowest BCUT2D eigenvalue weighted by molar-refractivity contribution is -0.116. The van der Waals surface area contributed by atoms with E-state index in [0.29, 0.717) is 6.42 Å². The van der Waals surface area contributed by atoms with Crippen LogP contribution in [-0.2, 0) is 4.79 Å². The van der Waals surface area contributed by atoms with Gasteiger partial charge in [-0.05, 0) is 37.5 Å². The van der Waals surface area contributed by atoms with E-state index in [-0.39, 0.29) is 17.5 Å². The number of Topliss-reactive ketones (excluding diaryl/α,β-unsaturated/α-hetero) is 1. The number of carbonyl (C=O) groups is 1. The van der Waals surface area contributed by atoms with E-state index in [1.54, 1.807) is 6.07 Å². The smallest absolute Gasteiger partial charge is 0.161 e. The fraction of sp³-hybridized carbons (Fsp3) is 0.312. The van der Waals surface area contributed by atoms with Gasteiger partial charge in [-0.1, -0.05) is 18.2 Å². The second kappa shape index (κ2) is 4.65. The molecule has 0 fully saturated rings. The van der Waals surface area contributed by atoms with Gasteiger partial charge in [-0.3, -0.25) is 4.79 Å². The van der Waals surface area contributed by atoms with Crippen LogP contribution in [0.3, 0.4) is 0 Å². The van der Waals surface area contributed by atoms with E-state index in [4.69, 9.17) is 0 Å². The monoisotopic (exact) mass is 257 g/mol. The summed E-state index contributed by atoms with van der Waals surface area (Å²) in [6.45, 7) is 1.98. The third kappa shape index (κ3) is 2.21.